The molecule has 0 radical (unpaired) electrons. The molecule has 2 atom stereocenters. The maximum Gasteiger partial charge on any atom is 0.126 e. The number of nitrogens with zero attached hydrogens (tertiary/aromatic N) is 1. The van der Waals surface area contributed by atoms with E-state index in [0.717, 1.165) is 16.6 Å². The van der Waals surface area contributed by atoms with Crippen molar-refractivity contribution in [3.8, 4) is 0 Å². The van der Waals surface area contributed by atoms with E-state index >= 15 is 0 Å². The summed E-state index contributed by atoms with van der Waals surface area (Å²) in [6.45, 7) is 3.14. The van der Waals surface area contributed by atoms with Crippen LogP contribution in [0.2, 0.25) is 4.34 Å². The molecule has 0 spiro atoms. The van der Waals surface area contributed by atoms with E-state index in [2.05, 4.69) is 37.3 Å². The van der Waals surface area contributed by atoms with Gasteiger partial charge in [-0.15, -0.1) is 11.3 Å². The monoisotopic (exact) mass is 298 g/mol. The van der Waals surface area contributed by atoms with E-state index < -0.39 is 0 Å². The van der Waals surface area contributed by atoms with Crippen molar-refractivity contribution in [2.24, 2.45) is 0 Å². The van der Waals surface area contributed by atoms with Gasteiger partial charge in [0.15, 0.2) is 0 Å². The van der Waals surface area contributed by atoms with Crippen molar-refractivity contribution in [3.05, 3.63) is 45.5 Å². The number of rotatable bonds is 6. The molecule has 5 heteroatoms. The third-order valence-electron chi connectivity index (χ3n) is 2.80. The van der Waals surface area contributed by atoms with Gasteiger partial charge in [0.1, 0.15) is 11.8 Å². The number of hydrogen-bond donors (Lipinski definition) is 1. The Morgan fingerprint density at radius 1 is 1.37 bits per heavy atom. The fraction of sp³-hybridized carbons (Fsp3) is 0.429. The van der Waals surface area contributed by atoms with Crippen LogP contribution in [0.1, 0.15) is 23.6 Å². The van der Waals surface area contributed by atoms with E-state index in [0.29, 0.717) is 6.04 Å². The quantitative estimate of drug-likeness (QED) is 0.883. The van der Waals surface area contributed by atoms with E-state index in [9.17, 15) is 0 Å². The molecular formula is C14H19ClN2OS. The molecule has 0 aliphatic rings. The number of thiophene rings is 1. The summed E-state index contributed by atoms with van der Waals surface area (Å²) in [5.74, 6) is 0.920. The lowest BCUT2D eigenvalue weighted by molar-refractivity contribution is 0.327. The molecule has 0 amide bonds. The number of nitrogens with one attached hydrogen (secondary N) is 1. The Balaban J connectivity index is 2.16. The smallest absolute Gasteiger partial charge is 0.126 e. The second-order valence-electron chi connectivity index (χ2n) is 4.92. The maximum atomic E-state index is 6.04. The molecule has 2 heterocycles. The zero-order valence-electron chi connectivity index (χ0n) is 11.4. The van der Waals surface area contributed by atoms with Crippen molar-refractivity contribution in [3.63, 3.8) is 0 Å². The Bertz CT molecular complexity index is 495. The average Bonchev–Trinajstić information content (AvgIpc) is 2.95. The third-order valence-corrected chi connectivity index (χ3v) is 4.09. The van der Waals surface area contributed by atoms with Crippen molar-refractivity contribution in [2.75, 3.05) is 20.6 Å². The summed E-state index contributed by atoms with van der Waals surface area (Å²) < 4.78 is 6.35. The molecule has 0 aliphatic heterocycles. The minimum Gasteiger partial charge on any atom is -0.467 e. The van der Waals surface area contributed by atoms with Gasteiger partial charge >= 0.3 is 0 Å². The van der Waals surface area contributed by atoms with Crippen LogP contribution in [0, 0.1) is 0 Å². The minimum atomic E-state index is 0.0578. The first-order chi connectivity index (χ1) is 9.06. The lowest BCUT2D eigenvalue weighted by Gasteiger charge is -2.23. The van der Waals surface area contributed by atoms with E-state index in [1.54, 1.807) is 17.6 Å². The summed E-state index contributed by atoms with van der Waals surface area (Å²) in [6, 6.07) is 8.29. The van der Waals surface area contributed by atoms with Crippen molar-refractivity contribution in [2.45, 2.75) is 19.0 Å². The molecule has 2 aromatic rings. The normalized spacial score (nSPS) is 14.8. The Hall–Kier alpha value is -0.810. The molecule has 0 saturated carbocycles. The molecular weight excluding hydrogens is 280 g/mol. The SMILES string of the molecule is CC(CN(C)C)NC(c1ccco1)c1ccc(Cl)s1. The molecule has 2 unspecified atom stereocenters. The standard InChI is InChI=1S/C14H19ClN2OS/c1-10(9-17(2)3)16-14(11-5-4-8-18-11)12-6-7-13(15)19-12/h4-8,10,14,16H,9H2,1-3H3. The molecule has 2 aromatic heterocycles. The predicted molar refractivity (Wildman–Crippen MR) is 81.0 cm³/mol. The highest BCUT2D eigenvalue weighted by Gasteiger charge is 2.20. The van der Waals surface area contributed by atoms with Crippen molar-refractivity contribution in [1.29, 1.82) is 0 Å². The van der Waals surface area contributed by atoms with Gasteiger partial charge < -0.3 is 9.32 Å². The number of likely N-dealkylation sites (N-methyl/N-ethyl adjacent to an activating group) is 1. The molecule has 0 bridgehead atoms. The first-order valence-electron chi connectivity index (χ1n) is 6.25. The zero-order chi connectivity index (χ0) is 13.8. The molecule has 0 aliphatic carbocycles. The Labute approximate surface area is 123 Å². The van der Waals surface area contributed by atoms with E-state index in [4.69, 9.17) is 16.0 Å². The Morgan fingerprint density at radius 2 is 2.16 bits per heavy atom. The van der Waals surface area contributed by atoms with E-state index in [1.165, 1.54) is 4.88 Å². The molecule has 2 rings (SSSR count). The number of halogens is 1. The van der Waals surface area contributed by atoms with Gasteiger partial charge in [0, 0.05) is 17.5 Å². The van der Waals surface area contributed by atoms with Crippen LogP contribution < -0.4 is 5.32 Å². The van der Waals surface area contributed by atoms with Gasteiger partial charge in [0.2, 0.25) is 0 Å². The maximum absolute atomic E-state index is 6.04. The Morgan fingerprint density at radius 3 is 2.68 bits per heavy atom. The van der Waals surface area contributed by atoms with Crippen LogP contribution in [0.25, 0.3) is 0 Å². The highest BCUT2D eigenvalue weighted by molar-refractivity contribution is 7.16. The van der Waals surface area contributed by atoms with Gasteiger partial charge in [-0.1, -0.05) is 11.6 Å². The second kappa shape index (κ2) is 6.57. The first-order valence-corrected chi connectivity index (χ1v) is 7.45. The van der Waals surface area contributed by atoms with Crippen molar-refractivity contribution in [1.82, 2.24) is 10.2 Å². The number of furan rings is 1. The largest absolute Gasteiger partial charge is 0.467 e. The molecule has 3 nitrogen and oxygen atoms in total. The highest BCUT2D eigenvalue weighted by atomic mass is 35.5. The predicted octanol–water partition coefficient (Wildman–Crippen LogP) is 3.62. The highest BCUT2D eigenvalue weighted by Crippen LogP contribution is 2.31. The topological polar surface area (TPSA) is 28.4 Å². The average molecular weight is 299 g/mol. The lowest BCUT2D eigenvalue weighted by atomic mass is 10.1. The fourth-order valence-corrected chi connectivity index (χ4v) is 3.26. The molecule has 0 fully saturated rings. The van der Waals surface area contributed by atoms with Crippen LogP contribution in [0.3, 0.4) is 0 Å². The fourth-order valence-electron chi connectivity index (χ4n) is 2.13. The van der Waals surface area contributed by atoms with Crippen molar-refractivity contribution >= 4 is 22.9 Å². The summed E-state index contributed by atoms with van der Waals surface area (Å²) in [4.78, 5) is 3.34. The summed E-state index contributed by atoms with van der Waals surface area (Å²) in [5.41, 5.74) is 0. The lowest BCUT2D eigenvalue weighted by Crippen LogP contribution is -2.38. The van der Waals surface area contributed by atoms with Gasteiger partial charge in [-0.05, 0) is 45.3 Å². The Kier molecular flexibility index (Phi) is 5.05. The molecule has 1 N–H and O–H groups in total. The summed E-state index contributed by atoms with van der Waals surface area (Å²) >= 11 is 7.62. The van der Waals surface area contributed by atoms with Gasteiger partial charge in [0.05, 0.1) is 10.6 Å². The molecule has 19 heavy (non-hydrogen) atoms. The van der Waals surface area contributed by atoms with Crippen LogP contribution in [0.4, 0.5) is 0 Å². The molecule has 0 saturated heterocycles. The summed E-state index contributed by atoms with van der Waals surface area (Å²) in [6.07, 6.45) is 1.70. The second-order valence-corrected chi connectivity index (χ2v) is 6.67. The van der Waals surface area contributed by atoms with Gasteiger partial charge in [0.25, 0.3) is 0 Å². The molecule has 104 valence electrons. The van der Waals surface area contributed by atoms with E-state index in [-0.39, 0.29) is 6.04 Å². The minimum absolute atomic E-state index is 0.0578. The van der Waals surface area contributed by atoms with Crippen LogP contribution in [0.15, 0.2) is 34.9 Å². The van der Waals surface area contributed by atoms with Crippen LogP contribution in [-0.4, -0.2) is 31.6 Å². The van der Waals surface area contributed by atoms with Gasteiger partial charge in [-0.3, -0.25) is 5.32 Å². The zero-order valence-corrected chi connectivity index (χ0v) is 13.0. The summed E-state index contributed by atoms with van der Waals surface area (Å²) in [7, 11) is 4.14. The van der Waals surface area contributed by atoms with Gasteiger partial charge in [-0.2, -0.15) is 0 Å². The van der Waals surface area contributed by atoms with Crippen LogP contribution >= 0.6 is 22.9 Å². The first kappa shape index (κ1) is 14.6. The van der Waals surface area contributed by atoms with Crippen molar-refractivity contribution < 1.29 is 4.42 Å². The molecule has 0 aromatic carbocycles. The van der Waals surface area contributed by atoms with Gasteiger partial charge in [-0.25, -0.2) is 0 Å². The summed E-state index contributed by atoms with van der Waals surface area (Å²) in [5, 5.41) is 3.60. The third kappa shape index (κ3) is 4.08. The number of hydrogen-bond acceptors (Lipinski definition) is 4. The van der Waals surface area contributed by atoms with E-state index in [1.807, 2.05) is 18.2 Å². The van der Waals surface area contributed by atoms with Crippen LogP contribution in [0.5, 0.6) is 0 Å². The van der Waals surface area contributed by atoms with Crippen LogP contribution in [-0.2, 0) is 0 Å².